The van der Waals surface area contributed by atoms with Crippen molar-refractivity contribution in [2.45, 2.75) is 52.8 Å². The number of rotatable bonds is 1. The topological polar surface area (TPSA) is 49.4 Å². The molecule has 0 radical (unpaired) electrons. The lowest BCUT2D eigenvalue weighted by molar-refractivity contribution is -0.148. The molecule has 1 aliphatic heterocycles. The second-order valence-corrected chi connectivity index (χ2v) is 6.49. The zero-order valence-corrected chi connectivity index (χ0v) is 11.6. The predicted octanol–water partition coefficient (Wildman–Crippen LogP) is 2.09. The Bertz CT molecular complexity index is 419. The lowest BCUT2D eigenvalue weighted by Gasteiger charge is -2.46. The predicted molar refractivity (Wildman–Crippen MR) is 65.7 cm³/mol. The summed E-state index contributed by atoms with van der Waals surface area (Å²) in [6.07, 6.45) is 0.503. The Hall–Kier alpha value is -1.13. The first-order valence-corrected chi connectivity index (χ1v) is 6.40. The van der Waals surface area contributed by atoms with Crippen molar-refractivity contribution in [3.63, 3.8) is 0 Å². The van der Waals surface area contributed by atoms with Gasteiger partial charge < -0.3 is 4.90 Å². The van der Waals surface area contributed by atoms with Gasteiger partial charge in [-0.3, -0.25) is 10.1 Å². The summed E-state index contributed by atoms with van der Waals surface area (Å²) in [4.78, 5) is 25.3. The normalized spacial score (nSPS) is 37.4. The summed E-state index contributed by atoms with van der Waals surface area (Å²) in [6.45, 7) is 9.67. The molecule has 5 heteroatoms. The van der Waals surface area contributed by atoms with Gasteiger partial charge in [-0.1, -0.05) is 27.7 Å². The van der Waals surface area contributed by atoms with E-state index in [1.165, 1.54) is 4.90 Å². The molecule has 0 spiro atoms. The van der Waals surface area contributed by atoms with Crippen LogP contribution in [0.3, 0.4) is 0 Å². The number of urea groups is 1. The fraction of sp³-hybridized carbons (Fsp3) is 0.846. The summed E-state index contributed by atoms with van der Waals surface area (Å²) in [7, 11) is 0. The molecule has 0 aromatic carbocycles. The number of hydrogen-bond acceptors (Lipinski definition) is 2. The van der Waals surface area contributed by atoms with Crippen LogP contribution >= 0.6 is 0 Å². The van der Waals surface area contributed by atoms with Crippen LogP contribution in [0.5, 0.6) is 0 Å². The molecule has 1 saturated carbocycles. The van der Waals surface area contributed by atoms with Crippen molar-refractivity contribution in [3.05, 3.63) is 0 Å². The lowest BCUT2D eigenvalue weighted by Crippen LogP contribution is -2.69. The second-order valence-electron chi connectivity index (χ2n) is 6.49. The van der Waals surface area contributed by atoms with Crippen molar-refractivity contribution in [2.24, 2.45) is 10.8 Å². The molecule has 3 amide bonds. The van der Waals surface area contributed by atoms with E-state index in [9.17, 15) is 9.59 Å². The summed E-state index contributed by atoms with van der Waals surface area (Å²) in [5.41, 5.74) is -3.18. The molecule has 2 unspecified atom stereocenters. The summed E-state index contributed by atoms with van der Waals surface area (Å²) in [6, 6.07) is -1.14. The van der Waals surface area contributed by atoms with Crippen molar-refractivity contribution in [3.8, 4) is 0 Å². The Kier molecular flexibility index (Phi) is 2.55. The average molecular weight is 256 g/mol. The van der Waals surface area contributed by atoms with Crippen LogP contribution < -0.4 is 5.32 Å². The number of nitrogens with one attached hydrogen (secondary N) is 1. The van der Waals surface area contributed by atoms with Gasteiger partial charge in [-0.15, -0.1) is 0 Å². The van der Waals surface area contributed by atoms with Crippen LogP contribution in [0, 0.1) is 10.8 Å². The van der Waals surface area contributed by atoms with Crippen LogP contribution in [0.4, 0.5) is 9.18 Å². The van der Waals surface area contributed by atoms with Crippen LogP contribution in [0.2, 0.25) is 0 Å². The van der Waals surface area contributed by atoms with Gasteiger partial charge in [0, 0.05) is 12.0 Å². The van der Waals surface area contributed by atoms with Gasteiger partial charge in [0.15, 0.2) is 0 Å². The van der Waals surface area contributed by atoms with E-state index in [2.05, 4.69) is 5.32 Å². The molecule has 2 rings (SSSR count). The van der Waals surface area contributed by atoms with Crippen molar-refractivity contribution >= 4 is 11.9 Å². The van der Waals surface area contributed by atoms with Crippen LogP contribution in [-0.2, 0) is 4.79 Å². The van der Waals surface area contributed by atoms with Gasteiger partial charge in [-0.05, 0) is 18.8 Å². The number of carbonyl (C=O) groups is 2. The highest BCUT2D eigenvalue weighted by atomic mass is 19.1. The summed E-state index contributed by atoms with van der Waals surface area (Å²) in [5.74, 6) is -0.780. The minimum Gasteiger partial charge on any atom is -0.318 e. The van der Waals surface area contributed by atoms with E-state index >= 15 is 4.39 Å². The van der Waals surface area contributed by atoms with Gasteiger partial charge in [0.05, 0.1) is 6.04 Å². The van der Waals surface area contributed by atoms with Crippen LogP contribution in [-0.4, -0.2) is 35.1 Å². The Morgan fingerprint density at radius 1 is 1.33 bits per heavy atom. The third-order valence-corrected chi connectivity index (χ3v) is 5.29. The molecular weight excluding hydrogens is 235 g/mol. The molecule has 2 aliphatic rings. The van der Waals surface area contributed by atoms with Crippen LogP contribution in [0.15, 0.2) is 0 Å². The molecule has 18 heavy (non-hydrogen) atoms. The van der Waals surface area contributed by atoms with E-state index in [1.54, 1.807) is 20.8 Å². The van der Waals surface area contributed by atoms with E-state index < -0.39 is 29.1 Å². The first-order valence-electron chi connectivity index (χ1n) is 6.40. The Labute approximate surface area is 107 Å². The average Bonchev–Trinajstić information content (AvgIpc) is 2.38. The third kappa shape index (κ3) is 1.25. The van der Waals surface area contributed by atoms with E-state index in [1.807, 2.05) is 13.8 Å². The third-order valence-electron chi connectivity index (χ3n) is 5.29. The summed E-state index contributed by atoms with van der Waals surface area (Å²) >= 11 is 0. The SMILES string of the molecule is CCN1C(=O)NC(=O)C2(F)C1CC(C)(C)C2(C)C. The monoisotopic (exact) mass is 256 g/mol. The largest absolute Gasteiger partial charge is 0.324 e. The van der Waals surface area contributed by atoms with Gasteiger partial charge in [0.1, 0.15) is 0 Å². The minimum atomic E-state index is -2.01. The van der Waals surface area contributed by atoms with Crippen LogP contribution in [0.1, 0.15) is 41.0 Å². The molecular formula is C13H21FN2O2. The molecule has 0 aromatic rings. The number of halogens is 1. The number of hydrogen-bond donors (Lipinski definition) is 1. The minimum absolute atomic E-state index is 0.345. The molecule has 1 heterocycles. The number of alkyl halides is 1. The molecule has 0 bridgehead atoms. The zero-order chi connectivity index (χ0) is 13.9. The smallest absolute Gasteiger partial charge is 0.318 e. The Morgan fingerprint density at radius 2 is 1.89 bits per heavy atom. The van der Waals surface area contributed by atoms with Gasteiger partial charge >= 0.3 is 6.03 Å². The maximum absolute atomic E-state index is 15.4. The lowest BCUT2D eigenvalue weighted by atomic mass is 9.65. The summed E-state index contributed by atoms with van der Waals surface area (Å²) < 4.78 is 15.4. The molecule has 0 aromatic heterocycles. The Balaban J connectivity index is 2.57. The van der Waals surface area contributed by atoms with E-state index in [4.69, 9.17) is 0 Å². The molecule has 2 atom stereocenters. The number of amides is 3. The maximum Gasteiger partial charge on any atom is 0.324 e. The molecule has 1 N–H and O–H groups in total. The van der Waals surface area contributed by atoms with Crippen molar-refractivity contribution in [1.29, 1.82) is 0 Å². The van der Waals surface area contributed by atoms with Gasteiger partial charge in [-0.25, -0.2) is 9.18 Å². The molecule has 1 aliphatic carbocycles. The highest BCUT2D eigenvalue weighted by Crippen LogP contribution is 2.61. The standard InChI is InChI=1S/C13H21FN2O2/c1-6-16-8-7-11(2,3)12(4,5)13(8,14)9(17)15-10(16)18/h8H,6-7H2,1-5H3,(H,15,17,18). The maximum atomic E-state index is 15.4. The van der Waals surface area contributed by atoms with E-state index in [0.717, 1.165) is 0 Å². The van der Waals surface area contributed by atoms with E-state index in [0.29, 0.717) is 13.0 Å². The first kappa shape index (κ1) is 13.3. The van der Waals surface area contributed by atoms with Crippen LogP contribution in [0.25, 0.3) is 0 Å². The van der Waals surface area contributed by atoms with Crippen molar-refractivity contribution in [2.75, 3.05) is 6.54 Å². The number of imide groups is 1. The number of nitrogens with zero attached hydrogens (tertiary/aromatic N) is 1. The summed E-state index contributed by atoms with van der Waals surface area (Å²) in [5, 5.41) is 2.16. The van der Waals surface area contributed by atoms with E-state index in [-0.39, 0.29) is 5.41 Å². The fourth-order valence-corrected chi connectivity index (χ4v) is 3.31. The first-order chi connectivity index (χ1) is 8.09. The highest BCUT2D eigenvalue weighted by Gasteiger charge is 2.72. The second kappa shape index (κ2) is 3.45. The quantitative estimate of drug-likeness (QED) is 0.781. The highest BCUT2D eigenvalue weighted by molar-refractivity contribution is 6.03. The molecule has 102 valence electrons. The van der Waals surface area contributed by atoms with Gasteiger partial charge in [0.25, 0.3) is 5.91 Å². The number of fused-ring (bicyclic) bond motifs is 1. The molecule has 1 saturated heterocycles. The molecule has 4 nitrogen and oxygen atoms in total. The van der Waals surface area contributed by atoms with Gasteiger partial charge in [0.2, 0.25) is 5.67 Å². The molecule has 2 fully saturated rings. The zero-order valence-electron chi connectivity index (χ0n) is 11.6. The number of carbonyl (C=O) groups excluding carboxylic acids is 2. The van der Waals surface area contributed by atoms with Crippen molar-refractivity contribution in [1.82, 2.24) is 10.2 Å². The van der Waals surface area contributed by atoms with Gasteiger partial charge in [-0.2, -0.15) is 0 Å². The fourth-order valence-electron chi connectivity index (χ4n) is 3.31. The van der Waals surface area contributed by atoms with Crippen molar-refractivity contribution < 1.29 is 14.0 Å². The Morgan fingerprint density at radius 3 is 2.39 bits per heavy atom.